The Morgan fingerprint density at radius 3 is 2.85 bits per heavy atom. The monoisotopic (exact) mass is 358 g/mol. The molecule has 0 aliphatic carbocycles. The fraction of sp³-hybridized carbons (Fsp3) is 0.600. The number of fused-ring (bicyclic) bond motifs is 1. The average Bonchev–Trinajstić information content (AvgIpc) is 3.08. The molecule has 1 saturated heterocycles. The normalized spacial score (nSPS) is 18.1. The van der Waals surface area contributed by atoms with Crippen molar-refractivity contribution < 1.29 is 9.53 Å². The molecule has 2 amide bonds. The highest BCUT2D eigenvalue weighted by atomic mass is 16.5. The molecule has 1 aromatic heterocycles. The highest BCUT2D eigenvalue weighted by Crippen LogP contribution is 2.26. The van der Waals surface area contributed by atoms with Crippen molar-refractivity contribution >= 4 is 17.1 Å². The summed E-state index contributed by atoms with van der Waals surface area (Å²) in [5.74, 6) is 0.812. The first kappa shape index (κ1) is 18.7. The van der Waals surface area contributed by atoms with Gasteiger partial charge in [-0.05, 0) is 43.9 Å². The molecule has 142 valence electrons. The number of ether oxygens (including phenoxy) is 1. The SMILES string of the molecule is CCC(NC(=O)N1CCOC(CC)(CC)C1)c1nc2ccc(C)cc2[nH]1. The number of rotatable bonds is 5. The van der Waals surface area contributed by atoms with Crippen molar-refractivity contribution in [2.75, 3.05) is 19.7 Å². The third-order valence-electron chi connectivity index (χ3n) is 5.52. The molecule has 26 heavy (non-hydrogen) atoms. The van der Waals surface area contributed by atoms with Crippen LogP contribution in [-0.4, -0.2) is 46.2 Å². The maximum absolute atomic E-state index is 12.8. The number of nitrogens with one attached hydrogen (secondary N) is 2. The number of carbonyl (C=O) groups is 1. The lowest BCUT2D eigenvalue weighted by molar-refractivity contribution is -0.101. The molecule has 1 aliphatic rings. The Labute approximate surface area is 155 Å². The van der Waals surface area contributed by atoms with E-state index in [0.29, 0.717) is 19.7 Å². The van der Waals surface area contributed by atoms with E-state index in [1.54, 1.807) is 0 Å². The molecule has 1 aliphatic heterocycles. The van der Waals surface area contributed by atoms with Crippen LogP contribution in [0.3, 0.4) is 0 Å². The van der Waals surface area contributed by atoms with Gasteiger partial charge in [0.15, 0.2) is 0 Å². The van der Waals surface area contributed by atoms with Gasteiger partial charge in [-0.3, -0.25) is 0 Å². The third-order valence-corrected chi connectivity index (χ3v) is 5.52. The molecule has 1 fully saturated rings. The van der Waals surface area contributed by atoms with Gasteiger partial charge in [0.25, 0.3) is 0 Å². The molecule has 3 rings (SSSR count). The van der Waals surface area contributed by atoms with Gasteiger partial charge >= 0.3 is 6.03 Å². The number of aromatic nitrogens is 2. The van der Waals surface area contributed by atoms with Crippen LogP contribution >= 0.6 is 0 Å². The van der Waals surface area contributed by atoms with Crippen LogP contribution in [-0.2, 0) is 4.74 Å². The molecule has 6 nitrogen and oxygen atoms in total. The number of hydrogen-bond donors (Lipinski definition) is 2. The number of aryl methyl sites for hydroxylation is 1. The summed E-state index contributed by atoms with van der Waals surface area (Å²) in [6.45, 7) is 10.2. The third kappa shape index (κ3) is 3.70. The van der Waals surface area contributed by atoms with E-state index in [1.807, 2.05) is 11.0 Å². The van der Waals surface area contributed by atoms with Crippen LogP contribution in [0.4, 0.5) is 4.79 Å². The minimum Gasteiger partial charge on any atom is -0.371 e. The molecule has 0 radical (unpaired) electrons. The first-order valence-corrected chi connectivity index (χ1v) is 9.66. The second kappa shape index (κ2) is 7.66. The number of amides is 2. The van der Waals surface area contributed by atoms with Crippen molar-refractivity contribution in [2.45, 2.75) is 58.6 Å². The van der Waals surface area contributed by atoms with Crippen LogP contribution in [0.25, 0.3) is 11.0 Å². The number of nitrogens with zero attached hydrogens (tertiary/aromatic N) is 2. The Hall–Kier alpha value is -2.08. The molecule has 1 aromatic carbocycles. The number of hydrogen-bond acceptors (Lipinski definition) is 3. The maximum atomic E-state index is 12.8. The fourth-order valence-corrected chi connectivity index (χ4v) is 3.61. The van der Waals surface area contributed by atoms with Gasteiger partial charge in [0.05, 0.1) is 35.8 Å². The quantitative estimate of drug-likeness (QED) is 0.851. The highest BCUT2D eigenvalue weighted by molar-refractivity contribution is 5.77. The predicted molar refractivity (Wildman–Crippen MR) is 103 cm³/mol. The van der Waals surface area contributed by atoms with Gasteiger partial charge in [0, 0.05) is 6.54 Å². The first-order valence-electron chi connectivity index (χ1n) is 9.66. The molecule has 0 saturated carbocycles. The van der Waals surface area contributed by atoms with Gasteiger partial charge < -0.3 is 19.9 Å². The lowest BCUT2D eigenvalue weighted by atomic mass is 9.95. The molecule has 6 heteroatoms. The van der Waals surface area contributed by atoms with Crippen molar-refractivity contribution in [3.05, 3.63) is 29.6 Å². The Morgan fingerprint density at radius 1 is 1.38 bits per heavy atom. The summed E-state index contributed by atoms with van der Waals surface area (Å²) in [7, 11) is 0. The Bertz CT molecular complexity index is 766. The van der Waals surface area contributed by atoms with Gasteiger partial charge in [-0.15, -0.1) is 0 Å². The van der Waals surface area contributed by atoms with Gasteiger partial charge in [-0.1, -0.05) is 26.8 Å². The van der Waals surface area contributed by atoms with E-state index in [-0.39, 0.29) is 17.7 Å². The summed E-state index contributed by atoms with van der Waals surface area (Å²) < 4.78 is 5.97. The van der Waals surface area contributed by atoms with Gasteiger partial charge in [0.1, 0.15) is 5.82 Å². The largest absolute Gasteiger partial charge is 0.371 e. The second-order valence-corrected chi connectivity index (χ2v) is 7.21. The Kier molecular flexibility index (Phi) is 5.51. The summed E-state index contributed by atoms with van der Waals surface area (Å²) >= 11 is 0. The van der Waals surface area contributed by atoms with Crippen LogP contribution in [0.1, 0.15) is 57.5 Å². The minimum absolute atomic E-state index is 0.0388. The van der Waals surface area contributed by atoms with E-state index in [2.05, 4.69) is 55.1 Å². The van der Waals surface area contributed by atoms with E-state index in [0.717, 1.165) is 36.1 Å². The zero-order valence-electron chi connectivity index (χ0n) is 16.3. The molecule has 0 bridgehead atoms. The highest BCUT2D eigenvalue weighted by Gasteiger charge is 2.35. The van der Waals surface area contributed by atoms with E-state index < -0.39 is 0 Å². The number of imidazole rings is 1. The molecule has 2 heterocycles. The van der Waals surface area contributed by atoms with Crippen LogP contribution in [0, 0.1) is 6.92 Å². The smallest absolute Gasteiger partial charge is 0.318 e. The molecule has 0 spiro atoms. The van der Waals surface area contributed by atoms with E-state index >= 15 is 0 Å². The van der Waals surface area contributed by atoms with Gasteiger partial charge in [0.2, 0.25) is 0 Å². The van der Waals surface area contributed by atoms with Crippen molar-refractivity contribution in [1.29, 1.82) is 0 Å². The first-order chi connectivity index (χ1) is 12.5. The van der Waals surface area contributed by atoms with Crippen LogP contribution in [0.2, 0.25) is 0 Å². The predicted octanol–water partition coefficient (Wildman–Crippen LogP) is 3.92. The molecule has 1 unspecified atom stereocenters. The van der Waals surface area contributed by atoms with Crippen molar-refractivity contribution in [3.8, 4) is 0 Å². The summed E-state index contributed by atoms with van der Waals surface area (Å²) in [4.78, 5) is 22.8. The summed E-state index contributed by atoms with van der Waals surface area (Å²) in [5.41, 5.74) is 2.91. The zero-order valence-corrected chi connectivity index (χ0v) is 16.3. The average molecular weight is 358 g/mol. The Morgan fingerprint density at radius 2 is 2.15 bits per heavy atom. The maximum Gasteiger partial charge on any atom is 0.318 e. The number of aromatic amines is 1. The number of H-pyrrole nitrogens is 1. The summed E-state index contributed by atoms with van der Waals surface area (Å²) in [6, 6.07) is 5.98. The number of carbonyl (C=O) groups excluding carboxylic acids is 1. The van der Waals surface area contributed by atoms with Crippen molar-refractivity contribution in [3.63, 3.8) is 0 Å². The van der Waals surface area contributed by atoms with Crippen LogP contribution in [0.15, 0.2) is 18.2 Å². The van der Waals surface area contributed by atoms with E-state index in [9.17, 15) is 4.79 Å². The summed E-state index contributed by atoms with van der Waals surface area (Å²) in [5, 5.41) is 3.15. The van der Waals surface area contributed by atoms with Crippen molar-refractivity contribution in [1.82, 2.24) is 20.2 Å². The number of morpholine rings is 1. The van der Waals surface area contributed by atoms with E-state index in [1.165, 1.54) is 5.56 Å². The van der Waals surface area contributed by atoms with E-state index in [4.69, 9.17) is 4.74 Å². The van der Waals surface area contributed by atoms with Crippen molar-refractivity contribution in [2.24, 2.45) is 0 Å². The molecular formula is C20H30N4O2. The summed E-state index contributed by atoms with van der Waals surface area (Å²) in [6.07, 6.45) is 2.60. The van der Waals surface area contributed by atoms with Gasteiger partial charge in [-0.25, -0.2) is 9.78 Å². The lowest BCUT2D eigenvalue weighted by Crippen LogP contribution is -2.55. The topological polar surface area (TPSA) is 70.2 Å². The minimum atomic E-state index is -0.214. The van der Waals surface area contributed by atoms with Gasteiger partial charge in [-0.2, -0.15) is 0 Å². The molecular weight excluding hydrogens is 328 g/mol. The molecule has 1 atom stereocenters. The Balaban J connectivity index is 1.73. The second-order valence-electron chi connectivity index (χ2n) is 7.21. The molecule has 2 aromatic rings. The number of benzene rings is 1. The molecule has 2 N–H and O–H groups in total. The lowest BCUT2D eigenvalue weighted by Gasteiger charge is -2.42. The zero-order chi connectivity index (χ0) is 18.7. The fourth-order valence-electron chi connectivity index (χ4n) is 3.61. The standard InChI is InChI=1S/C20H30N4O2/c1-5-15(18-21-16-9-8-14(4)12-17(16)22-18)23-19(25)24-10-11-26-20(6-2,7-3)13-24/h8-9,12,15H,5-7,10-11,13H2,1-4H3,(H,21,22)(H,23,25). The number of urea groups is 1. The van der Waals surface area contributed by atoms with Crippen LogP contribution < -0.4 is 5.32 Å². The van der Waals surface area contributed by atoms with Crippen LogP contribution in [0.5, 0.6) is 0 Å².